The van der Waals surface area contributed by atoms with Gasteiger partial charge in [0.05, 0.1) is 4.92 Å². The van der Waals surface area contributed by atoms with Crippen molar-refractivity contribution < 1.29 is 10.0 Å². The van der Waals surface area contributed by atoms with Crippen molar-refractivity contribution >= 4 is 11.4 Å². The lowest BCUT2D eigenvalue weighted by Gasteiger charge is -2.48. The number of anilines is 1. The van der Waals surface area contributed by atoms with Crippen LogP contribution in [0.1, 0.15) is 12.8 Å². The first-order valence-corrected chi connectivity index (χ1v) is 5.80. The van der Waals surface area contributed by atoms with E-state index >= 15 is 0 Å². The predicted molar refractivity (Wildman–Crippen MR) is 63.0 cm³/mol. The zero-order chi connectivity index (χ0) is 12.0. The smallest absolute Gasteiger partial charge is 0.269 e. The second-order valence-corrected chi connectivity index (χ2v) is 5.01. The largest absolute Gasteiger partial charge is 0.386 e. The van der Waals surface area contributed by atoms with Gasteiger partial charge in [-0.05, 0) is 30.9 Å². The summed E-state index contributed by atoms with van der Waals surface area (Å²) in [6.07, 6.45) is 2.26. The SMILES string of the molecule is O=[N+]([O-])c1ccc(N2CC(O)(C3CC3)C2)cc1. The Bertz CT molecular complexity index is 447. The molecule has 1 heterocycles. The summed E-state index contributed by atoms with van der Waals surface area (Å²) < 4.78 is 0. The van der Waals surface area contributed by atoms with Crippen molar-refractivity contribution in [2.45, 2.75) is 18.4 Å². The van der Waals surface area contributed by atoms with Gasteiger partial charge in [-0.3, -0.25) is 10.1 Å². The van der Waals surface area contributed by atoms with Crippen LogP contribution < -0.4 is 4.90 Å². The maximum Gasteiger partial charge on any atom is 0.269 e. The minimum atomic E-state index is -0.512. The first kappa shape index (κ1) is 10.5. The fourth-order valence-corrected chi connectivity index (χ4v) is 2.46. The van der Waals surface area contributed by atoms with Crippen molar-refractivity contribution in [2.75, 3.05) is 18.0 Å². The summed E-state index contributed by atoms with van der Waals surface area (Å²) in [6.45, 7) is 1.30. The molecule has 1 N–H and O–H groups in total. The van der Waals surface area contributed by atoms with Gasteiger partial charge in [-0.2, -0.15) is 0 Å². The van der Waals surface area contributed by atoms with Crippen LogP contribution in [-0.2, 0) is 0 Å². The fraction of sp³-hybridized carbons (Fsp3) is 0.500. The number of nitro benzene ring substituents is 1. The maximum absolute atomic E-state index is 10.5. The molecule has 2 fully saturated rings. The number of non-ortho nitro benzene ring substituents is 1. The molecule has 90 valence electrons. The predicted octanol–water partition coefficient (Wildman–Crippen LogP) is 1.56. The molecule has 1 aliphatic carbocycles. The Hall–Kier alpha value is -1.62. The topological polar surface area (TPSA) is 66.6 Å². The van der Waals surface area contributed by atoms with E-state index in [1.807, 2.05) is 0 Å². The average molecular weight is 234 g/mol. The van der Waals surface area contributed by atoms with Gasteiger partial charge in [-0.1, -0.05) is 0 Å². The van der Waals surface area contributed by atoms with Gasteiger partial charge in [0.15, 0.2) is 0 Å². The van der Waals surface area contributed by atoms with Gasteiger partial charge >= 0.3 is 0 Å². The van der Waals surface area contributed by atoms with Crippen molar-refractivity contribution in [1.29, 1.82) is 0 Å². The number of hydrogen-bond acceptors (Lipinski definition) is 4. The molecule has 2 aliphatic rings. The van der Waals surface area contributed by atoms with Gasteiger partial charge in [0, 0.05) is 30.9 Å². The maximum atomic E-state index is 10.5. The summed E-state index contributed by atoms with van der Waals surface area (Å²) in [5.41, 5.74) is 0.537. The summed E-state index contributed by atoms with van der Waals surface area (Å²) in [6, 6.07) is 6.49. The van der Waals surface area contributed by atoms with E-state index in [1.165, 1.54) is 12.1 Å². The number of benzene rings is 1. The summed E-state index contributed by atoms with van der Waals surface area (Å²) in [4.78, 5) is 12.2. The first-order valence-electron chi connectivity index (χ1n) is 5.80. The average Bonchev–Trinajstić information content (AvgIpc) is 3.09. The van der Waals surface area contributed by atoms with Crippen LogP contribution in [0, 0.1) is 16.0 Å². The van der Waals surface area contributed by atoms with E-state index < -0.39 is 10.5 Å². The van der Waals surface area contributed by atoms with Gasteiger partial charge in [-0.25, -0.2) is 0 Å². The van der Waals surface area contributed by atoms with E-state index in [0.717, 1.165) is 18.5 Å². The molecule has 0 unspecified atom stereocenters. The highest BCUT2D eigenvalue weighted by molar-refractivity contribution is 5.54. The second-order valence-electron chi connectivity index (χ2n) is 5.01. The molecule has 1 aromatic carbocycles. The third-order valence-corrected chi connectivity index (χ3v) is 3.69. The van der Waals surface area contributed by atoms with Crippen LogP contribution >= 0.6 is 0 Å². The van der Waals surface area contributed by atoms with Crippen LogP contribution in [0.5, 0.6) is 0 Å². The molecule has 1 aromatic rings. The number of hydrogen-bond donors (Lipinski definition) is 1. The lowest BCUT2D eigenvalue weighted by atomic mass is 9.88. The Morgan fingerprint density at radius 2 is 1.88 bits per heavy atom. The molecule has 0 spiro atoms. The van der Waals surface area contributed by atoms with Crippen LogP contribution in [0.25, 0.3) is 0 Å². The van der Waals surface area contributed by atoms with Crippen molar-refractivity contribution in [2.24, 2.45) is 5.92 Å². The Balaban J connectivity index is 1.68. The fourth-order valence-electron chi connectivity index (χ4n) is 2.46. The summed E-state index contributed by atoms with van der Waals surface area (Å²) in [7, 11) is 0. The molecule has 0 radical (unpaired) electrons. The van der Waals surface area contributed by atoms with Crippen molar-refractivity contribution in [3.8, 4) is 0 Å². The monoisotopic (exact) mass is 234 g/mol. The normalized spacial score (nSPS) is 22.1. The molecule has 5 nitrogen and oxygen atoms in total. The van der Waals surface area contributed by atoms with E-state index in [1.54, 1.807) is 12.1 Å². The van der Waals surface area contributed by atoms with Crippen LogP contribution in [0.2, 0.25) is 0 Å². The summed E-state index contributed by atoms with van der Waals surface area (Å²) >= 11 is 0. The molecule has 1 saturated heterocycles. The van der Waals surface area contributed by atoms with Crippen LogP contribution in [-0.4, -0.2) is 28.7 Å². The second kappa shape index (κ2) is 3.43. The number of nitrogens with zero attached hydrogens (tertiary/aromatic N) is 2. The summed E-state index contributed by atoms with van der Waals surface area (Å²) in [5.74, 6) is 0.469. The van der Waals surface area contributed by atoms with Crippen molar-refractivity contribution in [3.63, 3.8) is 0 Å². The quantitative estimate of drug-likeness (QED) is 0.636. The van der Waals surface area contributed by atoms with Gasteiger partial charge < -0.3 is 10.0 Å². The number of rotatable bonds is 3. The van der Waals surface area contributed by atoms with Gasteiger partial charge in [-0.15, -0.1) is 0 Å². The minimum Gasteiger partial charge on any atom is -0.386 e. The van der Waals surface area contributed by atoms with E-state index in [-0.39, 0.29) is 5.69 Å². The van der Waals surface area contributed by atoms with Crippen LogP contribution in [0.4, 0.5) is 11.4 Å². The zero-order valence-corrected chi connectivity index (χ0v) is 9.37. The molecule has 1 saturated carbocycles. The molecule has 0 atom stereocenters. The molecular formula is C12H14N2O3. The lowest BCUT2D eigenvalue weighted by molar-refractivity contribution is -0.384. The van der Waals surface area contributed by atoms with Gasteiger partial charge in [0.25, 0.3) is 5.69 Å². The van der Waals surface area contributed by atoms with Crippen molar-refractivity contribution in [1.82, 2.24) is 0 Å². The van der Waals surface area contributed by atoms with Crippen LogP contribution in [0.15, 0.2) is 24.3 Å². The van der Waals surface area contributed by atoms with E-state index in [4.69, 9.17) is 0 Å². The summed E-state index contributed by atoms with van der Waals surface area (Å²) in [5, 5.41) is 20.7. The van der Waals surface area contributed by atoms with E-state index in [9.17, 15) is 15.2 Å². The third kappa shape index (κ3) is 1.76. The molecule has 1 aliphatic heterocycles. The Kier molecular flexibility index (Phi) is 2.13. The molecule has 0 aromatic heterocycles. The van der Waals surface area contributed by atoms with Gasteiger partial charge in [0.1, 0.15) is 5.60 Å². The molecule has 0 bridgehead atoms. The highest BCUT2D eigenvalue weighted by Gasteiger charge is 2.51. The molecule has 3 rings (SSSR count). The molecular weight excluding hydrogens is 220 g/mol. The number of β-amino-alcohol motifs (C(OH)–C–C–N with tert-alkyl or cyclic N) is 1. The Morgan fingerprint density at radius 3 is 2.35 bits per heavy atom. The van der Waals surface area contributed by atoms with Gasteiger partial charge in [0.2, 0.25) is 0 Å². The highest BCUT2D eigenvalue weighted by Crippen LogP contribution is 2.45. The Morgan fingerprint density at radius 1 is 1.29 bits per heavy atom. The van der Waals surface area contributed by atoms with Crippen molar-refractivity contribution in [3.05, 3.63) is 34.4 Å². The standard InChI is InChI=1S/C12H14N2O3/c15-12(9-1-2-9)7-13(8-12)10-3-5-11(6-4-10)14(16)17/h3-6,9,15H,1-2,7-8H2. The Labute approximate surface area is 98.8 Å². The van der Waals surface area contributed by atoms with E-state index in [0.29, 0.717) is 19.0 Å². The third-order valence-electron chi connectivity index (χ3n) is 3.69. The lowest BCUT2D eigenvalue weighted by Crippen LogP contribution is -2.63. The highest BCUT2D eigenvalue weighted by atomic mass is 16.6. The minimum absolute atomic E-state index is 0.103. The number of aliphatic hydroxyl groups is 1. The van der Waals surface area contributed by atoms with Crippen LogP contribution in [0.3, 0.4) is 0 Å². The molecule has 17 heavy (non-hydrogen) atoms. The van der Waals surface area contributed by atoms with E-state index in [2.05, 4.69) is 4.90 Å². The zero-order valence-electron chi connectivity index (χ0n) is 9.37. The molecule has 0 amide bonds. The number of nitro groups is 1. The first-order chi connectivity index (χ1) is 8.08. The molecule has 5 heteroatoms.